The summed E-state index contributed by atoms with van der Waals surface area (Å²) in [6.45, 7) is 4.57. The molecule has 0 aromatic carbocycles. The van der Waals surface area contributed by atoms with Gasteiger partial charge in [-0.2, -0.15) is 0 Å². The molecule has 0 aromatic rings. The van der Waals surface area contributed by atoms with Crippen molar-refractivity contribution in [2.45, 2.75) is 32.2 Å². The first-order chi connectivity index (χ1) is 6.33. The summed E-state index contributed by atoms with van der Waals surface area (Å²) in [5.74, 6) is 0. The van der Waals surface area contributed by atoms with Crippen LogP contribution >= 0.6 is 11.6 Å². The Morgan fingerprint density at radius 3 is 3.08 bits per heavy atom. The van der Waals surface area contributed by atoms with Crippen molar-refractivity contribution < 1.29 is 4.74 Å². The molecule has 0 spiro atoms. The van der Waals surface area contributed by atoms with Crippen LogP contribution in [0.1, 0.15) is 26.2 Å². The van der Waals surface area contributed by atoms with Crippen LogP contribution in [-0.4, -0.2) is 25.8 Å². The molecule has 1 atom stereocenters. The minimum atomic E-state index is 0.553. The smallest absolute Gasteiger partial charge is 0.0686 e. The molecule has 1 unspecified atom stereocenters. The molecular formula is C10H18ClNO. The normalized spacial score (nSPS) is 24.8. The number of halogens is 1. The highest BCUT2D eigenvalue weighted by atomic mass is 35.5. The molecule has 0 aromatic heterocycles. The van der Waals surface area contributed by atoms with Crippen molar-refractivity contribution in [3.8, 4) is 0 Å². The van der Waals surface area contributed by atoms with Crippen LogP contribution in [0, 0.1) is 0 Å². The Morgan fingerprint density at radius 2 is 2.46 bits per heavy atom. The standard InChI is InChI=1S/C10H18ClNO/c1-9(6-11)7-13-8-10-4-2-3-5-12-10/h6,10,12H,2-5,7-8H2,1H3. The number of piperidine rings is 1. The molecule has 1 saturated heterocycles. The van der Waals surface area contributed by atoms with E-state index >= 15 is 0 Å². The number of ether oxygens (including phenoxy) is 1. The van der Waals surface area contributed by atoms with Gasteiger partial charge in [0.2, 0.25) is 0 Å². The van der Waals surface area contributed by atoms with Crippen LogP contribution in [0.15, 0.2) is 11.1 Å². The molecule has 1 fully saturated rings. The molecule has 13 heavy (non-hydrogen) atoms. The van der Waals surface area contributed by atoms with Gasteiger partial charge < -0.3 is 10.1 Å². The maximum absolute atomic E-state index is 5.52. The van der Waals surface area contributed by atoms with Crippen molar-refractivity contribution in [2.75, 3.05) is 19.8 Å². The third-order valence-corrected chi connectivity index (χ3v) is 2.62. The van der Waals surface area contributed by atoms with E-state index in [0.29, 0.717) is 12.6 Å². The zero-order valence-electron chi connectivity index (χ0n) is 8.18. The van der Waals surface area contributed by atoms with Crippen LogP contribution in [0.2, 0.25) is 0 Å². The molecule has 1 aliphatic heterocycles. The molecule has 2 nitrogen and oxygen atoms in total. The summed E-state index contributed by atoms with van der Waals surface area (Å²) < 4.78 is 5.51. The second-order valence-electron chi connectivity index (χ2n) is 3.62. The zero-order valence-corrected chi connectivity index (χ0v) is 8.94. The lowest BCUT2D eigenvalue weighted by molar-refractivity contribution is 0.121. The summed E-state index contributed by atoms with van der Waals surface area (Å²) in [4.78, 5) is 0. The van der Waals surface area contributed by atoms with Gasteiger partial charge in [-0.1, -0.05) is 18.0 Å². The molecule has 76 valence electrons. The van der Waals surface area contributed by atoms with Gasteiger partial charge in [-0.3, -0.25) is 0 Å². The first-order valence-corrected chi connectivity index (χ1v) is 5.33. The molecule has 1 N–H and O–H groups in total. The molecule has 0 amide bonds. The molecule has 3 heteroatoms. The predicted octanol–water partition coefficient (Wildman–Crippen LogP) is 2.29. The van der Waals surface area contributed by atoms with E-state index in [1.54, 1.807) is 5.54 Å². The Kier molecular flexibility index (Phi) is 5.44. The van der Waals surface area contributed by atoms with Crippen LogP contribution in [-0.2, 0) is 4.74 Å². The first kappa shape index (κ1) is 11.0. The Morgan fingerprint density at radius 1 is 1.62 bits per heavy atom. The molecule has 0 radical (unpaired) electrons. The average molecular weight is 204 g/mol. The monoisotopic (exact) mass is 203 g/mol. The molecule has 0 aliphatic carbocycles. The highest BCUT2D eigenvalue weighted by Gasteiger charge is 2.11. The van der Waals surface area contributed by atoms with E-state index in [-0.39, 0.29) is 0 Å². The van der Waals surface area contributed by atoms with Gasteiger partial charge in [0.15, 0.2) is 0 Å². The minimum absolute atomic E-state index is 0.553. The van der Waals surface area contributed by atoms with Gasteiger partial charge in [-0.05, 0) is 31.9 Å². The van der Waals surface area contributed by atoms with Crippen LogP contribution in [0.25, 0.3) is 0 Å². The fourth-order valence-electron chi connectivity index (χ4n) is 1.46. The number of hydrogen-bond donors (Lipinski definition) is 1. The van der Waals surface area contributed by atoms with Crippen molar-refractivity contribution in [1.82, 2.24) is 5.32 Å². The fraction of sp³-hybridized carbons (Fsp3) is 0.800. The van der Waals surface area contributed by atoms with Gasteiger partial charge in [-0.15, -0.1) is 0 Å². The lowest BCUT2D eigenvalue weighted by atomic mass is 10.1. The van der Waals surface area contributed by atoms with E-state index < -0.39 is 0 Å². The van der Waals surface area contributed by atoms with Crippen LogP contribution < -0.4 is 5.32 Å². The van der Waals surface area contributed by atoms with Gasteiger partial charge in [-0.25, -0.2) is 0 Å². The number of nitrogens with one attached hydrogen (secondary N) is 1. The maximum Gasteiger partial charge on any atom is 0.0686 e. The van der Waals surface area contributed by atoms with Gasteiger partial charge in [0.05, 0.1) is 13.2 Å². The Labute approximate surface area is 85.3 Å². The molecular weight excluding hydrogens is 186 g/mol. The van der Waals surface area contributed by atoms with Crippen molar-refractivity contribution in [1.29, 1.82) is 0 Å². The summed E-state index contributed by atoms with van der Waals surface area (Å²) in [5.41, 5.74) is 2.66. The lowest BCUT2D eigenvalue weighted by Gasteiger charge is -2.23. The number of hydrogen-bond acceptors (Lipinski definition) is 2. The summed E-state index contributed by atoms with van der Waals surface area (Å²) in [6.07, 6.45) is 3.87. The Bertz CT molecular complexity index is 164. The second kappa shape index (κ2) is 6.41. The second-order valence-corrected chi connectivity index (χ2v) is 3.84. The predicted molar refractivity (Wildman–Crippen MR) is 56.1 cm³/mol. The van der Waals surface area contributed by atoms with E-state index in [2.05, 4.69) is 5.32 Å². The summed E-state index contributed by atoms with van der Waals surface area (Å²) >= 11 is 5.52. The van der Waals surface area contributed by atoms with Gasteiger partial charge in [0.25, 0.3) is 0 Å². The molecule has 0 bridgehead atoms. The molecule has 1 heterocycles. The van der Waals surface area contributed by atoms with Crippen LogP contribution in [0.4, 0.5) is 0 Å². The average Bonchev–Trinajstić information content (AvgIpc) is 2.19. The highest BCUT2D eigenvalue weighted by Crippen LogP contribution is 2.07. The topological polar surface area (TPSA) is 21.3 Å². The van der Waals surface area contributed by atoms with Crippen molar-refractivity contribution >= 4 is 11.6 Å². The molecule has 1 rings (SSSR count). The first-order valence-electron chi connectivity index (χ1n) is 4.90. The van der Waals surface area contributed by atoms with Crippen molar-refractivity contribution in [3.63, 3.8) is 0 Å². The van der Waals surface area contributed by atoms with Crippen molar-refractivity contribution in [2.24, 2.45) is 0 Å². The summed E-state index contributed by atoms with van der Waals surface area (Å²) in [5, 5.41) is 3.43. The Hall–Kier alpha value is -0.0500. The minimum Gasteiger partial charge on any atom is -0.375 e. The van der Waals surface area contributed by atoms with Crippen LogP contribution in [0.3, 0.4) is 0 Å². The third-order valence-electron chi connectivity index (χ3n) is 2.25. The maximum atomic E-state index is 5.52. The van der Waals surface area contributed by atoms with E-state index in [1.807, 2.05) is 6.92 Å². The number of rotatable bonds is 4. The van der Waals surface area contributed by atoms with E-state index in [0.717, 1.165) is 18.7 Å². The fourth-order valence-corrected chi connectivity index (χ4v) is 1.52. The zero-order chi connectivity index (χ0) is 9.52. The molecule has 1 aliphatic rings. The van der Waals surface area contributed by atoms with Gasteiger partial charge in [0, 0.05) is 11.6 Å². The van der Waals surface area contributed by atoms with E-state index in [1.165, 1.54) is 19.3 Å². The lowest BCUT2D eigenvalue weighted by Crippen LogP contribution is -2.37. The van der Waals surface area contributed by atoms with E-state index in [9.17, 15) is 0 Å². The molecule has 0 saturated carbocycles. The van der Waals surface area contributed by atoms with Gasteiger partial charge in [0.1, 0.15) is 0 Å². The summed E-state index contributed by atoms with van der Waals surface area (Å²) in [7, 11) is 0. The quantitative estimate of drug-likeness (QED) is 0.757. The Balaban J connectivity index is 2.04. The highest BCUT2D eigenvalue weighted by molar-refractivity contribution is 6.25. The third kappa shape index (κ3) is 4.65. The van der Waals surface area contributed by atoms with E-state index in [4.69, 9.17) is 16.3 Å². The summed E-state index contributed by atoms with van der Waals surface area (Å²) in [6, 6.07) is 0.553. The van der Waals surface area contributed by atoms with Crippen LogP contribution in [0.5, 0.6) is 0 Å². The largest absolute Gasteiger partial charge is 0.375 e. The van der Waals surface area contributed by atoms with Crippen molar-refractivity contribution in [3.05, 3.63) is 11.1 Å². The SMILES string of the molecule is CC(=CCl)COCC1CCCCN1. The van der Waals surface area contributed by atoms with Gasteiger partial charge >= 0.3 is 0 Å².